The number of ether oxygens (including phenoxy) is 1. The monoisotopic (exact) mass is 293 g/mol. The summed E-state index contributed by atoms with van der Waals surface area (Å²) in [5.41, 5.74) is 4.86. The summed E-state index contributed by atoms with van der Waals surface area (Å²) in [4.78, 5) is 12.2. The van der Waals surface area contributed by atoms with E-state index >= 15 is 0 Å². The maximum absolute atomic E-state index is 12.0. The van der Waals surface area contributed by atoms with Crippen molar-refractivity contribution in [2.24, 2.45) is 11.1 Å². The van der Waals surface area contributed by atoms with Gasteiger partial charge in [-0.3, -0.25) is 4.79 Å². The number of nitrogens with two attached hydrogens (primary N) is 1. The lowest BCUT2D eigenvalue weighted by Gasteiger charge is -2.18. The fraction of sp³-hybridized carbons (Fsp3) is 0.583. The van der Waals surface area contributed by atoms with Crippen LogP contribution in [0.3, 0.4) is 0 Å². The van der Waals surface area contributed by atoms with E-state index in [0.29, 0.717) is 0 Å². The van der Waals surface area contributed by atoms with E-state index in [-0.39, 0.29) is 16.9 Å². The molecule has 0 aromatic carbocycles. The number of primary amides is 1. The summed E-state index contributed by atoms with van der Waals surface area (Å²) >= 11 is 1.14. The molecule has 0 aliphatic heterocycles. The Bertz CT molecular complexity index is 480. The van der Waals surface area contributed by atoms with Gasteiger partial charge in [-0.1, -0.05) is 6.92 Å². The lowest BCUT2D eigenvalue weighted by Crippen LogP contribution is -2.28. The second-order valence-electron chi connectivity index (χ2n) is 4.80. The fourth-order valence-corrected chi connectivity index (χ4v) is 3.12. The number of carbonyl (C=O) groups excluding carboxylic acids is 1. The molecule has 7 heteroatoms. The van der Waals surface area contributed by atoms with Crippen LogP contribution in [0.25, 0.3) is 0 Å². The average molecular weight is 293 g/mol. The van der Waals surface area contributed by atoms with Crippen molar-refractivity contribution >= 4 is 17.2 Å². The molecule has 1 saturated carbocycles. The Labute approximate surface area is 112 Å². The van der Waals surface area contributed by atoms with E-state index in [1.54, 1.807) is 6.07 Å². The Morgan fingerprint density at radius 1 is 1.53 bits per heavy atom. The van der Waals surface area contributed by atoms with E-state index in [1.165, 1.54) is 6.07 Å². The van der Waals surface area contributed by atoms with Gasteiger partial charge in [0.1, 0.15) is 0 Å². The first kappa shape index (κ1) is 14.2. The number of halogens is 3. The Kier molecular flexibility index (Phi) is 3.51. The molecule has 2 N–H and O–H groups in total. The average Bonchev–Trinajstić information content (AvgIpc) is 2.98. The van der Waals surface area contributed by atoms with Gasteiger partial charge < -0.3 is 10.5 Å². The van der Waals surface area contributed by atoms with Gasteiger partial charge in [0.05, 0.1) is 5.41 Å². The van der Waals surface area contributed by atoms with Gasteiger partial charge in [-0.15, -0.1) is 11.3 Å². The highest BCUT2D eigenvalue weighted by atomic mass is 32.1. The third-order valence-corrected chi connectivity index (χ3v) is 4.70. The lowest BCUT2D eigenvalue weighted by molar-refractivity contribution is -0.152. The van der Waals surface area contributed by atoms with E-state index in [9.17, 15) is 18.0 Å². The fourth-order valence-electron chi connectivity index (χ4n) is 2.10. The summed E-state index contributed by atoms with van der Waals surface area (Å²) in [6, 6.07) is 3.20. The number of alkyl halides is 3. The van der Waals surface area contributed by atoms with Crippen LogP contribution in [0, 0.1) is 5.41 Å². The van der Waals surface area contributed by atoms with Gasteiger partial charge in [0.2, 0.25) is 5.91 Å². The van der Waals surface area contributed by atoms with Crippen molar-refractivity contribution in [2.75, 3.05) is 6.61 Å². The topological polar surface area (TPSA) is 52.3 Å². The van der Waals surface area contributed by atoms with Crippen molar-refractivity contribution in [3.05, 3.63) is 17.0 Å². The second kappa shape index (κ2) is 4.70. The van der Waals surface area contributed by atoms with Crippen LogP contribution in [-0.4, -0.2) is 18.7 Å². The molecule has 0 bridgehead atoms. The van der Waals surface area contributed by atoms with Crippen LogP contribution in [0.2, 0.25) is 0 Å². The molecule has 1 aliphatic rings. The predicted octanol–water partition coefficient (Wildman–Crippen LogP) is 3.06. The summed E-state index contributed by atoms with van der Waals surface area (Å²) in [6.45, 7) is 0.569. The number of rotatable bonds is 5. The molecule has 1 aromatic rings. The zero-order valence-corrected chi connectivity index (χ0v) is 11.1. The molecule has 1 fully saturated rings. The largest absolute Gasteiger partial charge is 0.475 e. The minimum atomic E-state index is -4.35. The van der Waals surface area contributed by atoms with Crippen molar-refractivity contribution < 1.29 is 22.7 Å². The third kappa shape index (κ3) is 3.02. The molecule has 2 rings (SSSR count). The highest BCUT2D eigenvalue weighted by Gasteiger charge is 2.53. The van der Waals surface area contributed by atoms with Gasteiger partial charge in [-0.25, -0.2) is 0 Å². The van der Waals surface area contributed by atoms with Crippen LogP contribution in [0.15, 0.2) is 12.1 Å². The normalized spacial score (nSPS) is 18.9. The predicted molar refractivity (Wildman–Crippen MR) is 65.1 cm³/mol. The Morgan fingerprint density at radius 3 is 2.63 bits per heavy atom. The van der Waals surface area contributed by atoms with E-state index in [4.69, 9.17) is 5.73 Å². The van der Waals surface area contributed by atoms with Gasteiger partial charge in [0.25, 0.3) is 0 Å². The smallest absolute Gasteiger partial charge is 0.422 e. The zero-order chi connectivity index (χ0) is 14.3. The molecule has 1 aromatic heterocycles. The highest BCUT2D eigenvalue weighted by Crippen LogP contribution is 2.57. The van der Waals surface area contributed by atoms with Gasteiger partial charge in [-0.05, 0) is 25.0 Å². The maximum atomic E-state index is 12.0. The molecule has 1 aliphatic carbocycles. The molecular weight excluding hydrogens is 279 g/mol. The quantitative estimate of drug-likeness (QED) is 0.907. The van der Waals surface area contributed by atoms with E-state index in [0.717, 1.165) is 29.1 Å². The van der Waals surface area contributed by atoms with Gasteiger partial charge >= 0.3 is 6.18 Å². The van der Waals surface area contributed by atoms with Crippen LogP contribution in [0.5, 0.6) is 5.06 Å². The maximum Gasteiger partial charge on any atom is 0.422 e. The SMILES string of the molecule is C[C@H](c1ccc(OCC(F)(F)F)s1)C1(C(N)=O)CC1. The Hall–Kier alpha value is -1.24. The van der Waals surface area contributed by atoms with E-state index in [1.807, 2.05) is 6.92 Å². The van der Waals surface area contributed by atoms with Crippen molar-refractivity contribution in [1.29, 1.82) is 0 Å². The zero-order valence-electron chi connectivity index (χ0n) is 10.3. The van der Waals surface area contributed by atoms with Crippen LogP contribution in [0.4, 0.5) is 13.2 Å². The molecule has 1 amide bonds. The first-order valence-electron chi connectivity index (χ1n) is 5.84. The second-order valence-corrected chi connectivity index (χ2v) is 5.88. The van der Waals surface area contributed by atoms with Gasteiger partial charge in [0.15, 0.2) is 11.7 Å². The summed E-state index contributed by atoms with van der Waals surface area (Å²) < 4.78 is 40.8. The lowest BCUT2D eigenvalue weighted by atomic mass is 9.89. The molecule has 1 atom stereocenters. The number of amides is 1. The van der Waals surface area contributed by atoms with E-state index in [2.05, 4.69) is 4.74 Å². The van der Waals surface area contributed by atoms with Crippen molar-refractivity contribution in [3.63, 3.8) is 0 Å². The highest BCUT2D eigenvalue weighted by molar-refractivity contribution is 7.13. The number of carbonyl (C=O) groups is 1. The first-order chi connectivity index (χ1) is 8.74. The molecule has 19 heavy (non-hydrogen) atoms. The minimum Gasteiger partial charge on any atom is -0.475 e. The summed E-state index contributed by atoms with van der Waals surface area (Å²) in [7, 11) is 0. The van der Waals surface area contributed by atoms with Crippen LogP contribution >= 0.6 is 11.3 Å². The van der Waals surface area contributed by atoms with Crippen molar-refractivity contribution in [3.8, 4) is 5.06 Å². The van der Waals surface area contributed by atoms with E-state index < -0.39 is 18.2 Å². The van der Waals surface area contributed by atoms with Gasteiger partial charge in [-0.2, -0.15) is 13.2 Å². The molecule has 0 saturated heterocycles. The Balaban J connectivity index is 2.03. The first-order valence-corrected chi connectivity index (χ1v) is 6.65. The van der Waals surface area contributed by atoms with Crippen molar-refractivity contribution in [2.45, 2.75) is 31.9 Å². The number of thiophene rings is 1. The number of hydrogen-bond donors (Lipinski definition) is 1. The molecule has 106 valence electrons. The molecule has 0 unspecified atom stereocenters. The molecule has 3 nitrogen and oxygen atoms in total. The standard InChI is InChI=1S/C12H14F3NO2S/c1-7(11(4-5-11)10(16)17)8-2-3-9(19-8)18-6-12(13,14)15/h2-3,7H,4-6H2,1H3,(H2,16,17)/t7-/m1/s1. The molecular formula is C12H14F3NO2S. The summed E-state index contributed by atoms with van der Waals surface area (Å²) in [6.07, 6.45) is -2.87. The summed E-state index contributed by atoms with van der Waals surface area (Å²) in [5, 5.41) is 0.208. The third-order valence-electron chi connectivity index (χ3n) is 3.52. The van der Waals surface area contributed by atoms with Crippen LogP contribution in [-0.2, 0) is 4.79 Å². The minimum absolute atomic E-state index is 0.0850. The van der Waals surface area contributed by atoms with Crippen molar-refractivity contribution in [1.82, 2.24) is 0 Å². The summed E-state index contributed by atoms with van der Waals surface area (Å²) in [5.74, 6) is -0.426. The molecule has 0 radical (unpaired) electrons. The molecule has 0 spiro atoms. The Morgan fingerprint density at radius 2 is 2.16 bits per heavy atom. The molecule has 1 heterocycles. The number of hydrogen-bond acceptors (Lipinski definition) is 3. The van der Waals surface area contributed by atoms with Crippen LogP contribution < -0.4 is 10.5 Å². The van der Waals surface area contributed by atoms with Gasteiger partial charge in [0, 0.05) is 10.8 Å². The van der Waals surface area contributed by atoms with Crippen LogP contribution in [0.1, 0.15) is 30.6 Å².